The first kappa shape index (κ1) is 23.5. The van der Waals surface area contributed by atoms with Crippen molar-refractivity contribution in [1.82, 2.24) is 9.55 Å². The van der Waals surface area contributed by atoms with Crippen LogP contribution in [0, 0.1) is 0 Å². The number of hydrogen-bond acceptors (Lipinski definition) is 6. The lowest BCUT2D eigenvalue weighted by Gasteiger charge is -2.33. The molecule has 184 valence electrons. The van der Waals surface area contributed by atoms with Gasteiger partial charge in [-0.3, -0.25) is 14.3 Å². The number of amides is 1. The van der Waals surface area contributed by atoms with Gasteiger partial charge in [-0.15, -0.1) is 10.2 Å². The number of benzene rings is 2. The van der Waals surface area contributed by atoms with Crippen LogP contribution in [0.2, 0.25) is 0 Å². The van der Waals surface area contributed by atoms with Crippen molar-refractivity contribution in [3.8, 4) is 17.4 Å². The molecule has 1 unspecified atom stereocenters. The monoisotopic (exact) mass is 486 g/mol. The van der Waals surface area contributed by atoms with Crippen LogP contribution in [0.15, 0.2) is 71.2 Å². The molecule has 1 aliphatic heterocycles. The molecule has 36 heavy (non-hydrogen) atoms. The van der Waals surface area contributed by atoms with Crippen molar-refractivity contribution in [2.24, 2.45) is 10.2 Å². The number of carbonyl (C=O) groups excluding carboxylic acids is 1. The van der Waals surface area contributed by atoms with Gasteiger partial charge in [0.05, 0.1) is 31.8 Å². The summed E-state index contributed by atoms with van der Waals surface area (Å²) in [4.78, 5) is 17.7. The normalized spacial score (nSPS) is 17.3. The van der Waals surface area contributed by atoms with E-state index >= 15 is 0 Å². The molecule has 9 heteroatoms. The maximum atomic E-state index is 12.4. The van der Waals surface area contributed by atoms with E-state index in [0.717, 1.165) is 29.6 Å². The fourth-order valence-electron chi connectivity index (χ4n) is 4.88. The molecule has 1 aliphatic rings. The van der Waals surface area contributed by atoms with E-state index < -0.39 is 5.91 Å². The van der Waals surface area contributed by atoms with Gasteiger partial charge in [0.25, 0.3) is 5.91 Å². The Balaban J connectivity index is 1.47. The summed E-state index contributed by atoms with van der Waals surface area (Å²) in [7, 11) is 3.29. The molecule has 0 spiro atoms. The van der Waals surface area contributed by atoms with Gasteiger partial charge in [0, 0.05) is 29.8 Å². The van der Waals surface area contributed by atoms with E-state index in [1.165, 1.54) is 22.2 Å². The van der Waals surface area contributed by atoms with Crippen molar-refractivity contribution in [2.45, 2.75) is 26.1 Å². The zero-order valence-electron chi connectivity index (χ0n) is 20.4. The van der Waals surface area contributed by atoms with Gasteiger partial charge in [0.1, 0.15) is 6.04 Å². The van der Waals surface area contributed by atoms with Gasteiger partial charge in [0.2, 0.25) is 5.88 Å². The molecule has 2 aromatic heterocycles. The molecule has 3 heterocycles. The van der Waals surface area contributed by atoms with Gasteiger partial charge >= 0.3 is 0 Å². The molecule has 0 saturated carbocycles. The van der Waals surface area contributed by atoms with Crippen molar-refractivity contribution >= 4 is 22.5 Å². The molecule has 0 saturated heterocycles. The van der Waals surface area contributed by atoms with Crippen molar-refractivity contribution in [1.29, 1.82) is 0 Å². The first-order valence-corrected chi connectivity index (χ1v) is 11.8. The van der Waals surface area contributed by atoms with Crippen LogP contribution in [0.4, 0.5) is 5.69 Å². The Kier molecular flexibility index (Phi) is 6.39. The largest absolute Gasteiger partial charge is 0.493 e. The molecule has 5 rings (SSSR count). The van der Waals surface area contributed by atoms with Crippen LogP contribution in [-0.2, 0) is 13.1 Å². The standard InChI is InChI=1S/C27H27N5O4/c1-17-21-14-24(36-3)23(35-2)13-18(21)10-12-31(17)16-32-22-9-5-4-8-20(22)25(27(32)34)29-30-26(33)19-7-6-11-28-15-19/h4-9,11,13-15,17,34H,10,12,16H2,1-3H3/p+1/t17-/m0/s1. The third kappa shape index (κ3) is 4.18. The summed E-state index contributed by atoms with van der Waals surface area (Å²) in [6.45, 7) is 3.58. The number of quaternary nitrogens is 1. The molecular weight excluding hydrogens is 458 g/mol. The van der Waals surface area contributed by atoms with Crippen molar-refractivity contribution < 1.29 is 24.3 Å². The average Bonchev–Trinajstić information content (AvgIpc) is 3.18. The van der Waals surface area contributed by atoms with E-state index in [9.17, 15) is 9.90 Å². The van der Waals surface area contributed by atoms with Gasteiger partial charge in [0.15, 0.2) is 23.9 Å². The molecule has 0 radical (unpaired) electrons. The fourth-order valence-corrected chi connectivity index (χ4v) is 4.88. The summed E-state index contributed by atoms with van der Waals surface area (Å²) in [5, 5.41) is 19.9. The number of azo groups is 1. The van der Waals surface area contributed by atoms with Gasteiger partial charge in [-0.05, 0) is 42.8 Å². The number of methoxy groups -OCH3 is 2. The number of aromatic nitrogens is 2. The van der Waals surface area contributed by atoms with Gasteiger partial charge in [-0.25, -0.2) is 0 Å². The maximum Gasteiger partial charge on any atom is 0.296 e. The lowest BCUT2D eigenvalue weighted by atomic mass is 9.93. The van der Waals surface area contributed by atoms with E-state index in [0.29, 0.717) is 18.0 Å². The van der Waals surface area contributed by atoms with Crippen LogP contribution in [0.25, 0.3) is 10.9 Å². The van der Waals surface area contributed by atoms with E-state index in [4.69, 9.17) is 9.47 Å². The predicted molar refractivity (Wildman–Crippen MR) is 134 cm³/mol. The molecule has 2 atom stereocenters. The SMILES string of the molecule is COc1cc2c(cc1OC)[C@H](C)[NH+](Cn1c(O)c(N=NC(=O)c3cccnc3)c3ccccc31)CC2. The Labute approximate surface area is 208 Å². The molecule has 2 aromatic carbocycles. The molecule has 0 aliphatic carbocycles. The van der Waals surface area contributed by atoms with Crippen molar-refractivity contribution in [3.05, 3.63) is 77.6 Å². The summed E-state index contributed by atoms with van der Waals surface area (Å²) in [5.74, 6) is 0.906. The number of ether oxygens (including phenoxy) is 2. The Morgan fingerprint density at radius 3 is 2.69 bits per heavy atom. The lowest BCUT2D eigenvalue weighted by Crippen LogP contribution is -3.12. The summed E-state index contributed by atoms with van der Waals surface area (Å²) in [6.07, 6.45) is 3.90. The lowest BCUT2D eigenvalue weighted by molar-refractivity contribution is -0.953. The fraction of sp³-hybridized carbons (Fsp3) is 0.259. The van der Waals surface area contributed by atoms with Gasteiger partial charge in [-0.1, -0.05) is 18.2 Å². The first-order valence-electron chi connectivity index (χ1n) is 11.8. The van der Waals surface area contributed by atoms with Gasteiger partial charge in [-0.2, -0.15) is 0 Å². The number of hydrogen-bond donors (Lipinski definition) is 2. The molecule has 0 bridgehead atoms. The number of rotatable bonds is 6. The van der Waals surface area contributed by atoms with Crippen molar-refractivity contribution in [2.75, 3.05) is 20.8 Å². The number of fused-ring (bicyclic) bond motifs is 2. The third-order valence-corrected chi connectivity index (χ3v) is 6.87. The summed E-state index contributed by atoms with van der Waals surface area (Å²) >= 11 is 0. The molecule has 4 aromatic rings. The topological polar surface area (TPSA) is 103 Å². The van der Waals surface area contributed by atoms with Crippen LogP contribution in [0.1, 0.15) is 34.5 Å². The van der Waals surface area contributed by atoms with Crippen molar-refractivity contribution in [3.63, 3.8) is 0 Å². The zero-order valence-corrected chi connectivity index (χ0v) is 20.4. The Morgan fingerprint density at radius 1 is 1.17 bits per heavy atom. The molecule has 0 fully saturated rings. The van der Waals surface area contributed by atoms with Crippen LogP contribution in [-0.4, -0.2) is 41.3 Å². The molecular formula is C27H28N5O4+. The Morgan fingerprint density at radius 2 is 1.94 bits per heavy atom. The van der Waals surface area contributed by atoms with E-state index in [2.05, 4.69) is 34.3 Å². The molecule has 2 N–H and O–H groups in total. The summed E-state index contributed by atoms with van der Waals surface area (Å²) < 4.78 is 12.9. The van der Waals surface area contributed by atoms with E-state index in [-0.39, 0.29) is 17.6 Å². The third-order valence-electron chi connectivity index (χ3n) is 6.87. The number of pyridine rings is 1. The number of nitrogens with one attached hydrogen (secondary N) is 1. The second-order valence-corrected chi connectivity index (χ2v) is 8.81. The zero-order chi connectivity index (χ0) is 25.2. The van der Waals surface area contributed by atoms with E-state index in [1.54, 1.807) is 32.5 Å². The highest BCUT2D eigenvalue weighted by molar-refractivity contribution is 5.97. The Hall–Kier alpha value is -4.24. The smallest absolute Gasteiger partial charge is 0.296 e. The van der Waals surface area contributed by atoms with Crippen LogP contribution in [0.5, 0.6) is 17.4 Å². The van der Waals surface area contributed by atoms with Crippen LogP contribution < -0.4 is 14.4 Å². The quantitative estimate of drug-likeness (QED) is 0.403. The first-order chi connectivity index (χ1) is 17.5. The predicted octanol–water partition coefficient (Wildman–Crippen LogP) is 3.84. The minimum absolute atomic E-state index is 0.0169. The van der Waals surface area contributed by atoms with E-state index in [1.807, 2.05) is 28.8 Å². The minimum atomic E-state index is -0.518. The number of carbonyl (C=O) groups is 1. The highest BCUT2D eigenvalue weighted by Crippen LogP contribution is 2.39. The average molecular weight is 487 g/mol. The minimum Gasteiger partial charge on any atom is -0.493 e. The molecule has 9 nitrogen and oxygen atoms in total. The number of aromatic hydroxyl groups is 1. The second-order valence-electron chi connectivity index (χ2n) is 8.81. The second kappa shape index (κ2) is 9.79. The summed E-state index contributed by atoms with van der Waals surface area (Å²) in [5.41, 5.74) is 3.89. The van der Waals surface area contributed by atoms with Crippen LogP contribution >= 0.6 is 0 Å². The van der Waals surface area contributed by atoms with Crippen LogP contribution in [0.3, 0.4) is 0 Å². The maximum absolute atomic E-state index is 12.4. The number of para-hydroxylation sites is 1. The number of nitrogens with zero attached hydrogens (tertiary/aromatic N) is 4. The van der Waals surface area contributed by atoms with Gasteiger partial charge < -0.3 is 19.5 Å². The highest BCUT2D eigenvalue weighted by Gasteiger charge is 2.31. The highest BCUT2D eigenvalue weighted by atomic mass is 16.5. The Bertz CT molecular complexity index is 1450. The molecule has 1 amide bonds. The summed E-state index contributed by atoms with van der Waals surface area (Å²) in [6, 6.07) is 15.2.